The third kappa shape index (κ3) is 2.12. The normalized spacial score (nSPS) is 10.4. The van der Waals surface area contributed by atoms with Crippen molar-refractivity contribution in [2.24, 2.45) is 0 Å². The van der Waals surface area contributed by atoms with Crippen LogP contribution in [0.2, 0.25) is 0 Å². The maximum absolute atomic E-state index is 13.3. The van der Waals surface area contributed by atoms with Gasteiger partial charge in [0.05, 0.1) is 5.69 Å². The van der Waals surface area contributed by atoms with Gasteiger partial charge in [-0.05, 0) is 12.1 Å². The third-order valence-electron chi connectivity index (χ3n) is 2.13. The molecule has 2 aromatic rings. The van der Waals surface area contributed by atoms with Crippen LogP contribution in [-0.4, -0.2) is 16.1 Å². The quantitative estimate of drug-likeness (QED) is 0.714. The molecule has 1 amide bonds. The van der Waals surface area contributed by atoms with Gasteiger partial charge in [0, 0.05) is 6.07 Å². The lowest BCUT2D eigenvalue weighted by Crippen LogP contribution is -2.14. The summed E-state index contributed by atoms with van der Waals surface area (Å²) in [4.78, 5) is 11.6. The molecule has 8 heteroatoms. The summed E-state index contributed by atoms with van der Waals surface area (Å²) in [5, 5.41) is 7.85. The van der Waals surface area contributed by atoms with Crippen LogP contribution in [0.25, 0.3) is 0 Å². The molecule has 18 heavy (non-hydrogen) atoms. The van der Waals surface area contributed by atoms with Crippen molar-refractivity contribution in [2.45, 2.75) is 0 Å². The lowest BCUT2D eigenvalue weighted by atomic mass is 10.2. The number of amides is 1. The minimum absolute atomic E-state index is 0.0309. The highest BCUT2D eigenvalue weighted by Crippen LogP contribution is 2.20. The number of hydrogen-bond donors (Lipinski definition) is 3. The number of anilines is 2. The molecule has 0 aliphatic carbocycles. The third-order valence-corrected chi connectivity index (χ3v) is 2.13. The number of aromatic nitrogens is 2. The number of halogens is 3. The summed E-state index contributed by atoms with van der Waals surface area (Å²) in [6, 6.07) is 2.83. The summed E-state index contributed by atoms with van der Waals surface area (Å²) < 4.78 is 38.8. The Bertz CT molecular complexity index is 611. The zero-order valence-corrected chi connectivity index (χ0v) is 8.80. The van der Waals surface area contributed by atoms with E-state index in [0.29, 0.717) is 6.07 Å². The molecule has 0 radical (unpaired) electrons. The van der Waals surface area contributed by atoms with Gasteiger partial charge in [0.15, 0.2) is 17.5 Å². The summed E-state index contributed by atoms with van der Waals surface area (Å²) in [6.07, 6.45) is 0. The molecule has 2 rings (SSSR count). The average molecular weight is 256 g/mol. The molecular weight excluding hydrogens is 249 g/mol. The van der Waals surface area contributed by atoms with Gasteiger partial charge < -0.3 is 11.1 Å². The average Bonchev–Trinajstić information content (AvgIpc) is 2.77. The zero-order valence-electron chi connectivity index (χ0n) is 8.80. The number of nitrogens with one attached hydrogen (secondary N) is 2. The highest BCUT2D eigenvalue weighted by molar-refractivity contribution is 6.03. The number of aromatic amines is 1. The molecule has 0 saturated carbocycles. The molecule has 5 nitrogen and oxygen atoms in total. The van der Waals surface area contributed by atoms with Gasteiger partial charge >= 0.3 is 0 Å². The van der Waals surface area contributed by atoms with E-state index in [2.05, 4.69) is 15.5 Å². The number of nitrogens with two attached hydrogens (primary N) is 1. The maximum atomic E-state index is 13.3. The number of benzene rings is 1. The fraction of sp³-hybridized carbons (Fsp3) is 0. The van der Waals surface area contributed by atoms with E-state index in [1.165, 1.54) is 6.07 Å². The predicted molar refractivity (Wildman–Crippen MR) is 57.3 cm³/mol. The second-order valence-electron chi connectivity index (χ2n) is 3.38. The monoisotopic (exact) mass is 256 g/mol. The van der Waals surface area contributed by atoms with Crippen molar-refractivity contribution in [2.75, 3.05) is 11.1 Å². The largest absolute Gasteiger partial charge is 0.382 e. The van der Waals surface area contributed by atoms with E-state index in [9.17, 15) is 18.0 Å². The molecule has 0 saturated heterocycles. The maximum Gasteiger partial charge on any atom is 0.273 e. The van der Waals surface area contributed by atoms with E-state index in [1.54, 1.807) is 0 Å². The molecule has 0 spiro atoms. The van der Waals surface area contributed by atoms with Crippen molar-refractivity contribution >= 4 is 17.4 Å². The molecule has 0 atom stereocenters. The lowest BCUT2D eigenvalue weighted by Gasteiger charge is -2.05. The van der Waals surface area contributed by atoms with Crippen LogP contribution in [0.1, 0.15) is 10.5 Å². The number of rotatable bonds is 2. The van der Waals surface area contributed by atoms with Crippen LogP contribution < -0.4 is 11.1 Å². The number of nitrogen functional groups attached to an aromatic ring is 1. The van der Waals surface area contributed by atoms with Gasteiger partial charge in [0.25, 0.3) is 5.91 Å². The Morgan fingerprint density at radius 1 is 1.28 bits per heavy atom. The summed E-state index contributed by atoms with van der Waals surface area (Å²) in [7, 11) is 0. The second-order valence-corrected chi connectivity index (χ2v) is 3.38. The van der Waals surface area contributed by atoms with Crippen LogP contribution in [0, 0.1) is 17.5 Å². The van der Waals surface area contributed by atoms with E-state index in [1.807, 2.05) is 0 Å². The van der Waals surface area contributed by atoms with E-state index in [0.717, 1.165) is 6.07 Å². The van der Waals surface area contributed by atoms with Crippen molar-refractivity contribution in [3.05, 3.63) is 41.3 Å². The molecule has 4 N–H and O–H groups in total. The number of nitrogens with zero attached hydrogens (tertiary/aromatic N) is 1. The van der Waals surface area contributed by atoms with Crippen LogP contribution in [0.15, 0.2) is 18.2 Å². The second kappa shape index (κ2) is 4.40. The number of H-pyrrole nitrogens is 1. The minimum Gasteiger partial charge on any atom is -0.382 e. The first-order valence-corrected chi connectivity index (χ1v) is 4.74. The van der Waals surface area contributed by atoms with Gasteiger partial charge in [-0.15, -0.1) is 0 Å². The molecule has 0 aliphatic heterocycles. The molecule has 0 bridgehead atoms. The van der Waals surface area contributed by atoms with E-state index in [-0.39, 0.29) is 11.5 Å². The van der Waals surface area contributed by atoms with Crippen LogP contribution in [0.5, 0.6) is 0 Å². The summed E-state index contributed by atoms with van der Waals surface area (Å²) in [5.74, 6) is -5.17. The molecule has 1 aromatic carbocycles. The Hall–Kier alpha value is -2.51. The SMILES string of the molecule is Nc1cc(C(=O)Nc2ccc(F)c(F)c2F)[nH]n1. The molecule has 1 aromatic heterocycles. The first-order valence-electron chi connectivity index (χ1n) is 4.74. The van der Waals surface area contributed by atoms with Gasteiger partial charge in [-0.1, -0.05) is 0 Å². The molecule has 1 heterocycles. The molecule has 0 fully saturated rings. The van der Waals surface area contributed by atoms with Gasteiger partial charge in [-0.25, -0.2) is 13.2 Å². The Kier molecular flexibility index (Phi) is 2.92. The topological polar surface area (TPSA) is 83.8 Å². The van der Waals surface area contributed by atoms with Gasteiger partial charge in [-0.2, -0.15) is 5.10 Å². The van der Waals surface area contributed by atoms with Gasteiger partial charge in [0.2, 0.25) is 0 Å². The van der Waals surface area contributed by atoms with Crippen molar-refractivity contribution < 1.29 is 18.0 Å². The van der Waals surface area contributed by atoms with Crippen LogP contribution in [-0.2, 0) is 0 Å². The molecular formula is C10H7F3N4O. The standard InChI is InChI=1S/C10H7F3N4O/c11-4-1-2-5(9(13)8(4)12)15-10(18)6-3-7(14)17-16-6/h1-3H,(H,15,18)(H3,14,16,17). The Balaban J connectivity index is 2.25. The zero-order chi connectivity index (χ0) is 13.3. The van der Waals surface area contributed by atoms with Crippen LogP contribution in [0.3, 0.4) is 0 Å². The van der Waals surface area contributed by atoms with Crippen LogP contribution >= 0.6 is 0 Å². The van der Waals surface area contributed by atoms with Gasteiger partial charge in [-0.3, -0.25) is 9.89 Å². The number of carbonyl (C=O) groups excluding carboxylic acids is 1. The van der Waals surface area contributed by atoms with E-state index < -0.39 is 29.0 Å². The Labute approximate surface area is 98.8 Å². The minimum atomic E-state index is -1.66. The van der Waals surface area contributed by atoms with Crippen LogP contribution in [0.4, 0.5) is 24.7 Å². The number of hydrogen-bond acceptors (Lipinski definition) is 3. The summed E-state index contributed by atoms with van der Waals surface area (Å²) in [5.41, 5.74) is 4.77. The fourth-order valence-corrected chi connectivity index (χ4v) is 1.27. The first-order chi connectivity index (χ1) is 8.49. The smallest absolute Gasteiger partial charge is 0.273 e. The molecule has 0 aliphatic rings. The van der Waals surface area contributed by atoms with Crippen molar-refractivity contribution in [1.82, 2.24) is 10.2 Å². The highest BCUT2D eigenvalue weighted by Gasteiger charge is 2.16. The van der Waals surface area contributed by atoms with Crippen molar-refractivity contribution in [3.8, 4) is 0 Å². The fourth-order valence-electron chi connectivity index (χ4n) is 1.27. The molecule has 0 unspecified atom stereocenters. The Morgan fingerprint density at radius 3 is 2.61 bits per heavy atom. The van der Waals surface area contributed by atoms with E-state index in [4.69, 9.17) is 5.73 Å². The summed E-state index contributed by atoms with van der Waals surface area (Å²) in [6.45, 7) is 0. The predicted octanol–water partition coefficient (Wildman–Crippen LogP) is 1.66. The van der Waals surface area contributed by atoms with Crippen molar-refractivity contribution in [1.29, 1.82) is 0 Å². The highest BCUT2D eigenvalue weighted by atomic mass is 19.2. The first kappa shape index (κ1) is 12.0. The number of carbonyl (C=O) groups is 1. The lowest BCUT2D eigenvalue weighted by molar-refractivity contribution is 0.102. The Morgan fingerprint density at radius 2 is 2.00 bits per heavy atom. The van der Waals surface area contributed by atoms with Gasteiger partial charge in [0.1, 0.15) is 11.5 Å². The molecule has 94 valence electrons. The summed E-state index contributed by atoms with van der Waals surface area (Å²) >= 11 is 0. The van der Waals surface area contributed by atoms with E-state index >= 15 is 0 Å². The van der Waals surface area contributed by atoms with Crippen molar-refractivity contribution in [3.63, 3.8) is 0 Å².